The van der Waals surface area contributed by atoms with Gasteiger partial charge >= 0.3 is 17.9 Å². The van der Waals surface area contributed by atoms with Gasteiger partial charge in [-0.3, -0.25) is 4.57 Å². The molecule has 3 heterocycles. The molecule has 13 heteroatoms. The summed E-state index contributed by atoms with van der Waals surface area (Å²) in [6, 6.07) is 10.6. The summed E-state index contributed by atoms with van der Waals surface area (Å²) >= 11 is 0. The van der Waals surface area contributed by atoms with E-state index >= 15 is 0 Å². The Labute approximate surface area is 278 Å². The van der Waals surface area contributed by atoms with Crippen LogP contribution >= 0.6 is 0 Å². The third kappa shape index (κ3) is 8.50. The van der Waals surface area contributed by atoms with Crippen LogP contribution in [0.2, 0.25) is 18.1 Å². The Morgan fingerprint density at radius 2 is 1.45 bits per heavy atom. The minimum atomic E-state index is -2.15. The zero-order valence-electron chi connectivity index (χ0n) is 30.0. The monoisotopic (exact) mass is 673 g/mol. The molecule has 1 aromatic carbocycles. The van der Waals surface area contributed by atoms with E-state index in [1.807, 2.05) is 32.0 Å². The van der Waals surface area contributed by atoms with E-state index < -0.39 is 67.7 Å². The Morgan fingerprint density at radius 3 is 1.96 bits per heavy atom. The molecule has 2 amide bonds. The number of nitrogens with zero attached hydrogens (tertiary/aromatic N) is 3. The molecular formula is C34H51N3O9Si. The van der Waals surface area contributed by atoms with Gasteiger partial charge in [0.05, 0.1) is 12.3 Å². The molecule has 0 radical (unpaired) electrons. The lowest BCUT2D eigenvalue weighted by Gasteiger charge is -2.37. The van der Waals surface area contributed by atoms with Gasteiger partial charge in [0.15, 0.2) is 26.2 Å². The van der Waals surface area contributed by atoms with Crippen molar-refractivity contribution in [2.24, 2.45) is 0 Å². The smallest absolute Gasteiger partial charge is 0.425 e. The van der Waals surface area contributed by atoms with Crippen molar-refractivity contribution in [2.45, 2.75) is 136 Å². The normalized spacial score (nSPS) is 22.9. The van der Waals surface area contributed by atoms with E-state index in [1.54, 1.807) is 53.7 Å². The number of carbonyl (C=O) groups excluding carboxylic acids is 2. The van der Waals surface area contributed by atoms with E-state index in [0.29, 0.717) is 16.2 Å². The number of amides is 2. The van der Waals surface area contributed by atoms with Crippen molar-refractivity contribution in [3.05, 3.63) is 46.9 Å². The van der Waals surface area contributed by atoms with Crippen LogP contribution in [-0.4, -0.2) is 72.0 Å². The minimum absolute atomic E-state index is 0.0258. The van der Waals surface area contributed by atoms with E-state index in [0.717, 1.165) is 0 Å². The fourth-order valence-electron chi connectivity index (χ4n) is 5.06. The first-order valence-corrected chi connectivity index (χ1v) is 18.9. The standard InChI is InChI=1S/C34H51N3O9Si/c1-31(2,3)45-29(39)37(30(40)46-32(4,5)6)24-19-22(21-17-15-14-16-18-21)36(28(38)35-24)27-26-25(43-34(10,11)44-26)23(42-27)20-41-47(12,13)33(7,8)9/h14-19,23,25-27H,20H2,1-13H3/t23-,25-,26-,27-/m1/s1. The predicted octanol–water partition coefficient (Wildman–Crippen LogP) is 7.03. The number of ether oxygens (including phenoxy) is 5. The van der Waals surface area contributed by atoms with Gasteiger partial charge in [0, 0.05) is 6.07 Å². The highest BCUT2D eigenvalue weighted by Crippen LogP contribution is 2.45. The second-order valence-electron chi connectivity index (χ2n) is 16.0. The van der Waals surface area contributed by atoms with E-state index in [9.17, 15) is 14.4 Å². The van der Waals surface area contributed by atoms with Gasteiger partial charge in [0.1, 0.15) is 29.5 Å². The Hall–Kier alpha value is -3.10. The Morgan fingerprint density at radius 1 is 0.915 bits per heavy atom. The number of imide groups is 1. The molecule has 2 aromatic rings. The fraction of sp³-hybridized carbons (Fsp3) is 0.647. The average Bonchev–Trinajstić information content (AvgIpc) is 3.37. The van der Waals surface area contributed by atoms with Crippen molar-refractivity contribution in [3.63, 3.8) is 0 Å². The van der Waals surface area contributed by atoms with Gasteiger partial charge in [-0.25, -0.2) is 14.4 Å². The number of hydrogen-bond donors (Lipinski definition) is 0. The first-order valence-electron chi connectivity index (χ1n) is 16.0. The zero-order chi connectivity index (χ0) is 35.3. The average molecular weight is 674 g/mol. The summed E-state index contributed by atoms with van der Waals surface area (Å²) in [4.78, 5) is 46.0. The molecule has 4 atom stereocenters. The van der Waals surface area contributed by atoms with E-state index in [4.69, 9.17) is 28.1 Å². The summed E-state index contributed by atoms with van der Waals surface area (Å²) < 4.78 is 38.2. The molecule has 0 unspecified atom stereocenters. The zero-order valence-corrected chi connectivity index (χ0v) is 31.0. The topological polar surface area (TPSA) is 128 Å². The maximum absolute atomic E-state index is 14.2. The molecule has 0 spiro atoms. The van der Waals surface area contributed by atoms with Crippen molar-refractivity contribution >= 4 is 26.3 Å². The van der Waals surface area contributed by atoms with Crippen molar-refractivity contribution in [3.8, 4) is 11.3 Å². The first kappa shape index (κ1) is 36.7. The summed E-state index contributed by atoms with van der Waals surface area (Å²) in [7, 11) is -2.15. The van der Waals surface area contributed by atoms with Crippen LogP contribution in [0.25, 0.3) is 11.3 Å². The summed E-state index contributed by atoms with van der Waals surface area (Å²) in [5.41, 5.74) is -1.73. The molecule has 1 aromatic heterocycles. The van der Waals surface area contributed by atoms with Crippen molar-refractivity contribution in [1.29, 1.82) is 0 Å². The number of anilines is 1. The summed E-state index contributed by atoms with van der Waals surface area (Å²) in [5, 5.41) is -0.0258. The Balaban J connectivity index is 1.84. The molecule has 260 valence electrons. The molecule has 2 aliphatic heterocycles. The van der Waals surface area contributed by atoms with E-state index in [2.05, 4.69) is 38.8 Å². The molecule has 47 heavy (non-hydrogen) atoms. The molecule has 0 saturated carbocycles. The number of carbonyl (C=O) groups is 2. The summed E-state index contributed by atoms with van der Waals surface area (Å²) in [6.07, 6.45) is -4.80. The SMILES string of the molecule is CC(C)(C)OC(=O)N(C(=O)OC(C)(C)C)c1cc(-c2ccccc2)n([C@@H]2O[C@H](CO[Si](C)(C)C(C)(C)C)[C@H]3OC(C)(C)O[C@H]32)c(=O)n1. The van der Waals surface area contributed by atoms with E-state index in [1.165, 1.54) is 10.6 Å². The number of benzene rings is 1. The van der Waals surface area contributed by atoms with Gasteiger partial charge in [-0.05, 0) is 79.1 Å². The minimum Gasteiger partial charge on any atom is -0.443 e. The first-order chi connectivity index (χ1) is 21.4. The maximum Gasteiger partial charge on any atom is 0.425 e. The Kier molecular flexibility index (Phi) is 9.95. The van der Waals surface area contributed by atoms with Gasteiger partial charge in [-0.15, -0.1) is 0 Å². The lowest BCUT2D eigenvalue weighted by atomic mass is 10.1. The largest absolute Gasteiger partial charge is 0.443 e. The lowest BCUT2D eigenvalue weighted by Crippen LogP contribution is -2.45. The molecular weight excluding hydrogens is 622 g/mol. The Bertz CT molecular complexity index is 1490. The maximum atomic E-state index is 14.2. The molecule has 4 rings (SSSR count). The summed E-state index contributed by atoms with van der Waals surface area (Å²) in [5.74, 6) is -1.20. The van der Waals surface area contributed by atoms with Crippen LogP contribution in [0, 0.1) is 0 Å². The summed E-state index contributed by atoms with van der Waals surface area (Å²) in [6.45, 7) is 24.7. The van der Waals surface area contributed by atoms with Crippen LogP contribution in [0.15, 0.2) is 41.2 Å². The van der Waals surface area contributed by atoms with Gasteiger partial charge in [-0.2, -0.15) is 9.88 Å². The highest BCUT2D eigenvalue weighted by Gasteiger charge is 2.57. The number of aromatic nitrogens is 2. The van der Waals surface area contributed by atoms with Crippen LogP contribution in [-0.2, 0) is 28.1 Å². The predicted molar refractivity (Wildman–Crippen MR) is 180 cm³/mol. The molecule has 2 fully saturated rings. The molecule has 2 saturated heterocycles. The van der Waals surface area contributed by atoms with Crippen LogP contribution < -0.4 is 10.6 Å². The quantitative estimate of drug-likeness (QED) is 0.295. The molecule has 0 aliphatic carbocycles. The van der Waals surface area contributed by atoms with Gasteiger partial charge in [-0.1, -0.05) is 51.1 Å². The fourth-order valence-corrected chi connectivity index (χ4v) is 6.07. The second kappa shape index (κ2) is 12.7. The number of rotatable bonds is 6. The van der Waals surface area contributed by atoms with Crippen molar-refractivity contribution < 1.29 is 37.7 Å². The highest BCUT2D eigenvalue weighted by atomic mass is 28.4. The third-order valence-electron chi connectivity index (χ3n) is 8.19. The molecule has 0 N–H and O–H groups in total. The van der Waals surface area contributed by atoms with Crippen LogP contribution in [0.5, 0.6) is 0 Å². The van der Waals surface area contributed by atoms with Gasteiger partial charge < -0.3 is 28.1 Å². The lowest BCUT2D eigenvalue weighted by molar-refractivity contribution is -0.199. The third-order valence-corrected chi connectivity index (χ3v) is 12.7. The van der Waals surface area contributed by atoms with Crippen LogP contribution in [0.4, 0.5) is 15.4 Å². The number of fused-ring (bicyclic) bond motifs is 1. The van der Waals surface area contributed by atoms with Crippen LogP contribution in [0.3, 0.4) is 0 Å². The van der Waals surface area contributed by atoms with Crippen LogP contribution in [0.1, 0.15) is 82.4 Å². The second-order valence-corrected chi connectivity index (χ2v) is 20.8. The molecule has 0 bridgehead atoms. The van der Waals surface area contributed by atoms with Crippen molar-refractivity contribution in [1.82, 2.24) is 9.55 Å². The van der Waals surface area contributed by atoms with Gasteiger partial charge in [0.2, 0.25) is 0 Å². The molecule has 12 nitrogen and oxygen atoms in total. The number of hydrogen-bond acceptors (Lipinski definition) is 10. The van der Waals surface area contributed by atoms with E-state index in [-0.39, 0.29) is 17.5 Å². The molecule has 2 aliphatic rings. The van der Waals surface area contributed by atoms with Crippen molar-refractivity contribution in [2.75, 3.05) is 11.5 Å². The highest BCUT2D eigenvalue weighted by molar-refractivity contribution is 6.74. The van der Waals surface area contributed by atoms with Gasteiger partial charge in [0.25, 0.3) is 0 Å².